The minimum atomic E-state index is 0.00173. The zero-order valence-electron chi connectivity index (χ0n) is 13.5. The molecule has 21 heavy (non-hydrogen) atoms. The minimum absolute atomic E-state index is 0.00173. The van der Waals surface area contributed by atoms with E-state index in [0.29, 0.717) is 16.9 Å². The summed E-state index contributed by atoms with van der Waals surface area (Å²) in [6, 6.07) is 2.56. The molecule has 2 fully saturated rings. The molecule has 0 saturated heterocycles. The molecule has 2 saturated carbocycles. The fourth-order valence-corrected chi connectivity index (χ4v) is 5.57. The number of fused-ring (bicyclic) bond motifs is 2. The Morgan fingerprint density at radius 1 is 1.43 bits per heavy atom. The van der Waals surface area contributed by atoms with Gasteiger partial charge in [0.1, 0.15) is 0 Å². The van der Waals surface area contributed by atoms with Crippen LogP contribution in [0.3, 0.4) is 0 Å². The lowest BCUT2D eigenvalue weighted by molar-refractivity contribution is -0.114. The Kier molecular flexibility index (Phi) is 3.65. The maximum Gasteiger partial charge on any atom is 0.221 e. The average molecular weight is 306 g/mol. The van der Waals surface area contributed by atoms with Gasteiger partial charge in [0, 0.05) is 24.4 Å². The summed E-state index contributed by atoms with van der Waals surface area (Å²) in [7, 11) is 0. The standard InChI is InChI=1S/C17H26N2OS/c1-11(20)19-13-6-8-21-14(13)10-18-15-16(2,3)12-5-7-17(15,4)9-12/h6,8,12,15,18H,5,7,9-10H2,1-4H3,(H,19,20). The first-order chi connectivity index (χ1) is 9.83. The molecule has 2 aliphatic rings. The third kappa shape index (κ3) is 2.53. The Hall–Kier alpha value is -0.870. The number of carbonyl (C=O) groups excluding carboxylic acids is 1. The van der Waals surface area contributed by atoms with Gasteiger partial charge in [-0.15, -0.1) is 11.3 Å². The molecule has 3 rings (SSSR count). The summed E-state index contributed by atoms with van der Waals surface area (Å²) < 4.78 is 0. The molecule has 3 atom stereocenters. The molecule has 1 aromatic heterocycles. The number of thiophene rings is 1. The Morgan fingerprint density at radius 3 is 2.81 bits per heavy atom. The first-order valence-corrected chi connectivity index (χ1v) is 8.78. The van der Waals surface area contributed by atoms with Crippen LogP contribution in [-0.4, -0.2) is 11.9 Å². The molecule has 0 aliphatic heterocycles. The molecule has 0 spiro atoms. The summed E-state index contributed by atoms with van der Waals surface area (Å²) >= 11 is 1.72. The van der Waals surface area contributed by atoms with Gasteiger partial charge in [0.15, 0.2) is 0 Å². The molecular formula is C17H26N2OS. The molecule has 3 nitrogen and oxygen atoms in total. The highest BCUT2D eigenvalue weighted by atomic mass is 32.1. The predicted octanol–water partition coefficient (Wildman–Crippen LogP) is 4.01. The van der Waals surface area contributed by atoms with Crippen LogP contribution in [-0.2, 0) is 11.3 Å². The van der Waals surface area contributed by atoms with Crippen molar-refractivity contribution in [2.45, 2.75) is 59.5 Å². The molecule has 1 heterocycles. The van der Waals surface area contributed by atoms with E-state index in [2.05, 4.69) is 36.8 Å². The van der Waals surface area contributed by atoms with E-state index in [4.69, 9.17) is 0 Å². The van der Waals surface area contributed by atoms with E-state index in [-0.39, 0.29) is 5.91 Å². The number of anilines is 1. The molecule has 4 heteroatoms. The third-order valence-corrected chi connectivity index (χ3v) is 6.71. The molecule has 116 valence electrons. The fraction of sp³-hybridized carbons (Fsp3) is 0.706. The average Bonchev–Trinajstić information content (AvgIpc) is 3.00. The van der Waals surface area contributed by atoms with E-state index in [1.165, 1.54) is 24.1 Å². The van der Waals surface area contributed by atoms with Crippen LogP contribution >= 0.6 is 11.3 Å². The zero-order valence-corrected chi connectivity index (χ0v) is 14.3. The predicted molar refractivity (Wildman–Crippen MR) is 88.5 cm³/mol. The normalized spacial score (nSPS) is 33.3. The van der Waals surface area contributed by atoms with Crippen LogP contribution in [0, 0.1) is 16.7 Å². The van der Waals surface area contributed by atoms with Crippen LogP contribution in [0.25, 0.3) is 0 Å². The topological polar surface area (TPSA) is 41.1 Å². The maximum atomic E-state index is 11.3. The highest BCUT2D eigenvalue weighted by Crippen LogP contribution is 2.62. The van der Waals surface area contributed by atoms with Crippen LogP contribution in [0.2, 0.25) is 0 Å². The zero-order chi connectivity index (χ0) is 15.3. The van der Waals surface area contributed by atoms with E-state index in [9.17, 15) is 4.79 Å². The van der Waals surface area contributed by atoms with E-state index < -0.39 is 0 Å². The molecule has 2 N–H and O–H groups in total. The first kappa shape index (κ1) is 15.0. The number of hydrogen-bond acceptors (Lipinski definition) is 3. The lowest BCUT2D eigenvalue weighted by Crippen LogP contribution is -2.49. The third-order valence-electron chi connectivity index (χ3n) is 5.79. The van der Waals surface area contributed by atoms with Gasteiger partial charge in [-0.25, -0.2) is 0 Å². The Bertz CT molecular complexity index is 546. The van der Waals surface area contributed by atoms with Crippen LogP contribution < -0.4 is 10.6 Å². The smallest absolute Gasteiger partial charge is 0.221 e. The quantitative estimate of drug-likeness (QED) is 0.882. The van der Waals surface area contributed by atoms with Crippen LogP contribution in [0.5, 0.6) is 0 Å². The molecule has 0 radical (unpaired) electrons. The molecule has 1 aromatic rings. The Morgan fingerprint density at radius 2 is 2.19 bits per heavy atom. The summed E-state index contributed by atoms with van der Waals surface area (Å²) in [6.45, 7) is 9.70. The van der Waals surface area contributed by atoms with Crippen molar-refractivity contribution in [3.63, 3.8) is 0 Å². The maximum absolute atomic E-state index is 11.3. The second kappa shape index (κ2) is 5.10. The van der Waals surface area contributed by atoms with Gasteiger partial charge in [-0.2, -0.15) is 0 Å². The van der Waals surface area contributed by atoms with Crippen LogP contribution in [0.4, 0.5) is 5.69 Å². The molecule has 2 bridgehead atoms. The van der Waals surface area contributed by atoms with E-state index in [1.54, 1.807) is 18.3 Å². The Labute approximate surface area is 131 Å². The summed E-state index contributed by atoms with van der Waals surface area (Å²) in [4.78, 5) is 12.5. The molecule has 2 aliphatic carbocycles. The SMILES string of the molecule is CC(=O)Nc1ccsc1CNC1C2(C)CCC(C2)C1(C)C. The number of nitrogens with one attached hydrogen (secondary N) is 2. The van der Waals surface area contributed by atoms with Gasteiger partial charge in [-0.3, -0.25) is 4.79 Å². The fourth-order valence-electron chi connectivity index (χ4n) is 4.78. The monoisotopic (exact) mass is 306 g/mol. The number of amides is 1. The molecule has 0 aromatic carbocycles. The summed E-state index contributed by atoms with van der Waals surface area (Å²) in [5.41, 5.74) is 1.78. The van der Waals surface area contributed by atoms with Crippen LogP contribution in [0.1, 0.15) is 51.8 Å². The second-order valence-electron chi connectivity index (χ2n) is 7.67. The number of carbonyl (C=O) groups is 1. The molecular weight excluding hydrogens is 280 g/mol. The molecule has 1 amide bonds. The van der Waals surface area contributed by atoms with Crippen molar-refractivity contribution in [1.82, 2.24) is 5.32 Å². The lowest BCUT2D eigenvalue weighted by atomic mass is 9.68. The summed E-state index contributed by atoms with van der Waals surface area (Å²) in [5, 5.41) is 8.79. The van der Waals surface area contributed by atoms with Crippen molar-refractivity contribution in [3.05, 3.63) is 16.3 Å². The van der Waals surface area contributed by atoms with Crippen molar-refractivity contribution < 1.29 is 4.79 Å². The highest BCUT2D eigenvalue weighted by Gasteiger charge is 2.58. The minimum Gasteiger partial charge on any atom is -0.325 e. The summed E-state index contributed by atoms with van der Waals surface area (Å²) in [6.07, 6.45) is 4.10. The lowest BCUT2D eigenvalue weighted by Gasteiger charge is -2.43. The summed E-state index contributed by atoms with van der Waals surface area (Å²) in [5.74, 6) is 0.861. The van der Waals surface area contributed by atoms with Crippen molar-refractivity contribution in [2.24, 2.45) is 16.7 Å². The molecule has 3 unspecified atom stereocenters. The van der Waals surface area contributed by atoms with Crippen molar-refractivity contribution >= 4 is 22.9 Å². The number of hydrogen-bond donors (Lipinski definition) is 2. The van der Waals surface area contributed by atoms with Gasteiger partial charge in [0.25, 0.3) is 0 Å². The van der Waals surface area contributed by atoms with Crippen molar-refractivity contribution in [1.29, 1.82) is 0 Å². The largest absolute Gasteiger partial charge is 0.325 e. The van der Waals surface area contributed by atoms with Crippen molar-refractivity contribution in [2.75, 3.05) is 5.32 Å². The Balaban J connectivity index is 1.71. The van der Waals surface area contributed by atoms with Gasteiger partial charge in [0.05, 0.1) is 5.69 Å². The van der Waals surface area contributed by atoms with Crippen molar-refractivity contribution in [3.8, 4) is 0 Å². The van der Waals surface area contributed by atoms with Gasteiger partial charge in [-0.05, 0) is 47.5 Å². The van der Waals surface area contributed by atoms with Crippen LogP contribution in [0.15, 0.2) is 11.4 Å². The van der Waals surface area contributed by atoms with E-state index in [1.807, 2.05) is 6.07 Å². The first-order valence-electron chi connectivity index (χ1n) is 7.90. The van der Waals surface area contributed by atoms with Gasteiger partial charge in [0.2, 0.25) is 5.91 Å². The second-order valence-corrected chi connectivity index (χ2v) is 8.67. The van der Waals surface area contributed by atoms with E-state index >= 15 is 0 Å². The van der Waals surface area contributed by atoms with Gasteiger partial charge in [-0.1, -0.05) is 20.8 Å². The van der Waals surface area contributed by atoms with Gasteiger partial charge >= 0.3 is 0 Å². The highest BCUT2D eigenvalue weighted by molar-refractivity contribution is 7.10. The number of rotatable bonds is 4. The van der Waals surface area contributed by atoms with E-state index in [0.717, 1.165) is 18.2 Å². The van der Waals surface area contributed by atoms with Gasteiger partial charge < -0.3 is 10.6 Å².